The first-order valence-electron chi connectivity index (χ1n) is 22.6. The normalized spacial score (nSPS) is 11.0. The summed E-state index contributed by atoms with van der Waals surface area (Å²) in [6.45, 7) is 0.295. The number of H-pyrrole nitrogens is 1. The van der Waals surface area contributed by atoms with Gasteiger partial charge in [-0.25, -0.2) is 9.36 Å². The molecule has 12 aromatic rings. The van der Waals surface area contributed by atoms with E-state index in [-0.39, 0.29) is 6.61 Å². The van der Waals surface area contributed by atoms with Gasteiger partial charge in [-0.3, -0.25) is 5.10 Å². The highest BCUT2D eigenvalue weighted by Gasteiger charge is 2.22. The summed E-state index contributed by atoms with van der Waals surface area (Å²) in [6.07, 6.45) is 0. The second-order valence-electron chi connectivity index (χ2n) is 16.1. The van der Waals surface area contributed by atoms with E-state index in [4.69, 9.17) is 39.5 Å². The van der Waals surface area contributed by atoms with Gasteiger partial charge in [0.1, 0.15) is 39.9 Å². The summed E-state index contributed by atoms with van der Waals surface area (Å²) in [5.74, 6) is 0.778. The minimum Gasteiger partial charge on any atom is -0.497 e. The van der Waals surface area contributed by atoms with E-state index in [2.05, 4.69) is 51.0 Å². The third kappa shape index (κ3) is 9.46. The molecule has 0 amide bonds. The predicted molar refractivity (Wildman–Crippen MR) is 285 cm³/mol. The molecular weight excluding hydrogens is 967 g/mol. The molecule has 0 bridgehead atoms. The Kier molecular flexibility index (Phi) is 14.0. The molecule has 354 valence electrons. The number of aromatic amines is 1. The second kappa shape index (κ2) is 21.3. The summed E-state index contributed by atoms with van der Waals surface area (Å²) >= 11 is 20.1. The smallest absolute Gasteiger partial charge is 0.182 e. The Balaban J connectivity index is 0.000000125. The largest absolute Gasteiger partial charge is 0.497 e. The van der Waals surface area contributed by atoms with Crippen LogP contribution in [0, 0.1) is 0 Å². The molecule has 0 aliphatic heterocycles. The maximum Gasteiger partial charge on any atom is 0.182 e. The third-order valence-electron chi connectivity index (χ3n) is 11.6. The highest BCUT2D eigenvalue weighted by molar-refractivity contribution is 6.39. The van der Waals surface area contributed by atoms with E-state index in [1.54, 1.807) is 16.5 Å². The number of ether oxygens (including phenoxy) is 1. The average molecular weight is 1010 g/mol. The molecule has 14 nitrogen and oxygen atoms in total. The molecule has 0 radical (unpaired) electrons. The van der Waals surface area contributed by atoms with E-state index in [1.165, 1.54) is 0 Å². The molecule has 0 atom stereocenters. The minimum absolute atomic E-state index is 0.0370. The summed E-state index contributed by atoms with van der Waals surface area (Å²) in [4.78, 5) is 0. The van der Waals surface area contributed by atoms with Crippen LogP contribution in [0.4, 0.5) is 0 Å². The topological polar surface area (TPSA) is 171 Å². The van der Waals surface area contributed by atoms with Gasteiger partial charge in [-0.2, -0.15) is 15.3 Å². The number of halogens is 3. The van der Waals surface area contributed by atoms with Crippen molar-refractivity contribution < 1.29 is 9.84 Å². The van der Waals surface area contributed by atoms with Crippen molar-refractivity contribution in [1.29, 1.82) is 0 Å². The van der Waals surface area contributed by atoms with Crippen LogP contribution in [0.5, 0.6) is 5.75 Å². The summed E-state index contributed by atoms with van der Waals surface area (Å²) in [5.41, 5.74) is 11.7. The Bertz CT molecular complexity index is 3790. The fourth-order valence-corrected chi connectivity index (χ4v) is 9.10. The number of hydrogen-bond donors (Lipinski definition) is 2. The molecule has 0 aliphatic carbocycles. The number of benzene rings is 6. The number of nitrogens with one attached hydrogen (secondary N) is 1. The molecule has 0 aliphatic rings. The van der Waals surface area contributed by atoms with Crippen molar-refractivity contribution in [3.63, 3.8) is 0 Å². The standard InChI is InChI=1S/2C19H15ClN4O.C17H11ClN4/c1-24-19-15(17(23-24)12-6-4-3-5-7-12)16(20)18(21-22-19)13-8-10-14(25-2)11-9-13;20-16-15-17(13-7-3-1-4-8-13)23-24(11-12-25)19(15)22-21-18(16)14-9-5-2-6-10-14;18-14-13-15(11-7-3-1-4-8-11)19-21-17(13)22-20-16(14)12-9-5-2-6-10-12/h3-11H,1-2H3;1-10,25H,11-12H2;1-10H,(H,19,21,22). The number of rotatable bonds is 9. The lowest BCUT2D eigenvalue weighted by Crippen LogP contribution is -2.05. The van der Waals surface area contributed by atoms with Gasteiger partial charge in [-0.1, -0.05) is 186 Å². The zero-order valence-electron chi connectivity index (χ0n) is 38.6. The summed E-state index contributed by atoms with van der Waals surface area (Å²) < 4.78 is 8.55. The molecule has 2 N–H and O–H groups in total. The Labute approximate surface area is 427 Å². The van der Waals surface area contributed by atoms with Gasteiger partial charge in [-0.05, 0) is 24.3 Å². The SMILES string of the molecule is COc1ccc(-c2nnc3c(c(-c4ccccc4)nn3C)c2Cl)cc1.Clc1c(-c2ccccc2)nnc2[nH]nc(-c3ccccc3)c12.OCCn1nc(-c2ccccc2)c2c(Cl)c(-c3ccccc3)nnc21. The molecule has 0 saturated carbocycles. The zero-order valence-corrected chi connectivity index (χ0v) is 40.8. The van der Waals surface area contributed by atoms with Crippen LogP contribution in [0.1, 0.15) is 0 Å². The van der Waals surface area contributed by atoms with Crippen molar-refractivity contribution in [2.24, 2.45) is 7.05 Å². The molecule has 0 unspecified atom stereocenters. The van der Waals surface area contributed by atoms with E-state index in [9.17, 15) is 5.11 Å². The van der Waals surface area contributed by atoms with Crippen LogP contribution >= 0.6 is 34.8 Å². The highest BCUT2D eigenvalue weighted by atomic mass is 35.5. The summed E-state index contributed by atoms with van der Waals surface area (Å²) in [5, 5.41) is 55.5. The van der Waals surface area contributed by atoms with Gasteiger partial charge in [0, 0.05) is 40.4 Å². The van der Waals surface area contributed by atoms with E-state index >= 15 is 0 Å². The molecule has 0 saturated heterocycles. The molecule has 0 spiro atoms. The van der Waals surface area contributed by atoms with Crippen LogP contribution < -0.4 is 4.74 Å². The van der Waals surface area contributed by atoms with Crippen LogP contribution in [0.3, 0.4) is 0 Å². The molecule has 0 fully saturated rings. The summed E-state index contributed by atoms with van der Waals surface area (Å²) in [6, 6.07) is 56.7. The molecule has 12 rings (SSSR count). The zero-order chi connectivity index (χ0) is 49.6. The van der Waals surface area contributed by atoms with Crippen LogP contribution in [-0.2, 0) is 13.6 Å². The predicted octanol–water partition coefficient (Wildman–Crippen LogP) is 12.5. The Hall–Kier alpha value is -8.40. The number of hydrogen-bond acceptors (Lipinski definition) is 11. The lowest BCUT2D eigenvalue weighted by atomic mass is 10.1. The Morgan fingerprint density at radius 2 is 0.833 bits per heavy atom. The number of fused-ring (bicyclic) bond motifs is 3. The first-order chi connectivity index (χ1) is 35.3. The minimum atomic E-state index is -0.0370. The number of aliphatic hydroxyl groups is 1. The number of methoxy groups -OCH3 is 1. The van der Waals surface area contributed by atoms with Gasteiger partial charge in [0.2, 0.25) is 0 Å². The number of aryl methyl sites for hydroxylation is 1. The molecule has 6 heterocycles. The van der Waals surface area contributed by atoms with Crippen LogP contribution in [0.15, 0.2) is 176 Å². The summed E-state index contributed by atoms with van der Waals surface area (Å²) in [7, 11) is 3.47. The van der Waals surface area contributed by atoms with Crippen LogP contribution in [0.2, 0.25) is 15.1 Å². The van der Waals surface area contributed by atoms with Crippen molar-refractivity contribution in [1.82, 2.24) is 60.4 Å². The molecule has 6 aromatic heterocycles. The van der Waals surface area contributed by atoms with Crippen LogP contribution in [-0.4, -0.2) is 79.2 Å². The lowest BCUT2D eigenvalue weighted by Gasteiger charge is -2.06. The average Bonchev–Trinajstić information content (AvgIpc) is 4.15. The molecular formula is C55H41Cl3N12O2. The molecule has 6 aromatic carbocycles. The van der Waals surface area contributed by atoms with E-state index < -0.39 is 0 Å². The van der Waals surface area contributed by atoms with Crippen molar-refractivity contribution in [3.05, 3.63) is 191 Å². The van der Waals surface area contributed by atoms with Gasteiger partial charge in [0.25, 0.3) is 0 Å². The maximum atomic E-state index is 9.32. The van der Waals surface area contributed by atoms with Gasteiger partial charge < -0.3 is 9.84 Å². The number of aliphatic hydroxyl groups excluding tert-OH is 1. The highest BCUT2D eigenvalue weighted by Crippen LogP contribution is 2.40. The fourth-order valence-electron chi connectivity index (χ4n) is 8.13. The first-order valence-corrected chi connectivity index (χ1v) is 23.7. The first kappa shape index (κ1) is 47.3. The van der Waals surface area contributed by atoms with Crippen molar-refractivity contribution in [3.8, 4) is 73.3 Å². The monoisotopic (exact) mass is 1010 g/mol. The second-order valence-corrected chi connectivity index (χ2v) is 17.2. The maximum absolute atomic E-state index is 9.32. The van der Waals surface area contributed by atoms with E-state index in [1.807, 2.05) is 183 Å². The Morgan fingerprint density at radius 3 is 1.31 bits per heavy atom. The Morgan fingerprint density at radius 1 is 0.444 bits per heavy atom. The van der Waals surface area contributed by atoms with Crippen LogP contribution in [0.25, 0.3) is 101 Å². The van der Waals surface area contributed by atoms with Crippen molar-refractivity contribution in [2.45, 2.75) is 6.54 Å². The van der Waals surface area contributed by atoms with Gasteiger partial charge >= 0.3 is 0 Å². The van der Waals surface area contributed by atoms with E-state index in [0.717, 1.165) is 72.4 Å². The third-order valence-corrected chi connectivity index (χ3v) is 12.7. The lowest BCUT2D eigenvalue weighted by molar-refractivity contribution is 0.271. The number of aromatic nitrogens is 12. The van der Waals surface area contributed by atoms with Crippen molar-refractivity contribution in [2.75, 3.05) is 13.7 Å². The van der Waals surface area contributed by atoms with E-state index in [0.29, 0.717) is 55.6 Å². The quantitative estimate of drug-likeness (QED) is 0.141. The van der Waals surface area contributed by atoms with Gasteiger partial charge in [0.15, 0.2) is 16.9 Å². The van der Waals surface area contributed by atoms with Gasteiger partial charge in [0.05, 0.1) is 51.5 Å². The molecule has 17 heteroatoms. The number of nitrogens with zero attached hydrogens (tertiary/aromatic N) is 11. The van der Waals surface area contributed by atoms with Gasteiger partial charge in [-0.15, -0.1) is 30.6 Å². The van der Waals surface area contributed by atoms with Crippen molar-refractivity contribution >= 4 is 67.9 Å². The fraction of sp³-hybridized carbons (Fsp3) is 0.0727. The molecule has 72 heavy (non-hydrogen) atoms.